The highest BCUT2D eigenvalue weighted by Gasteiger charge is 2.45. The summed E-state index contributed by atoms with van der Waals surface area (Å²) in [4.78, 5) is 94.4. The van der Waals surface area contributed by atoms with Crippen LogP contribution in [0.5, 0.6) is 11.5 Å². The summed E-state index contributed by atoms with van der Waals surface area (Å²) in [5.74, 6) is 2.02. The molecule has 0 spiro atoms. The molecule has 0 saturated carbocycles. The quantitative estimate of drug-likeness (QED) is 0.0503. The van der Waals surface area contributed by atoms with Crippen LogP contribution in [-0.4, -0.2) is 216 Å². The van der Waals surface area contributed by atoms with Crippen molar-refractivity contribution in [2.75, 3.05) is 119 Å². The third-order valence-electron chi connectivity index (χ3n) is 19.5. The molecule has 4 atom stereocenters. The number of likely N-dealkylation sites (tertiary alicyclic amines) is 4. The van der Waals surface area contributed by atoms with Crippen LogP contribution in [0.1, 0.15) is 123 Å². The van der Waals surface area contributed by atoms with Crippen molar-refractivity contribution >= 4 is 40.9 Å². The summed E-state index contributed by atoms with van der Waals surface area (Å²) in [5, 5.41) is 20.2. The zero-order valence-corrected chi connectivity index (χ0v) is 55.6. The van der Waals surface area contributed by atoms with Gasteiger partial charge in [0.1, 0.15) is 23.6 Å². The van der Waals surface area contributed by atoms with Gasteiger partial charge in [0, 0.05) is 115 Å². The summed E-state index contributed by atoms with van der Waals surface area (Å²) in [5.41, 5.74) is 7.83. The van der Waals surface area contributed by atoms with Crippen molar-refractivity contribution in [3.05, 3.63) is 130 Å². The molecule has 4 N–H and O–H groups in total. The molecule has 5 saturated heterocycles. The molecule has 5 aliphatic heterocycles. The lowest BCUT2D eigenvalue weighted by Gasteiger charge is -2.40. The Morgan fingerprint density at radius 1 is 0.747 bits per heavy atom. The average molecular weight is 1260 g/mol. The van der Waals surface area contributed by atoms with Crippen LogP contribution >= 0.6 is 11.3 Å². The van der Waals surface area contributed by atoms with E-state index in [1.165, 1.54) is 17.7 Å². The highest BCUT2D eigenvalue weighted by molar-refractivity contribution is 7.13. The SMILES string of the molecule is CNCCN1CCC(c2cc(CN(C)C(=O)c3cccc(Oc4ccc(CC(=O)N5CCC(CN6CCC(CN7CCN(CC(=O)N[C@H](C(=O)N8C[C@H](O)C[C@H]8C(=O)N[C@@H](C)c8ccc(-c9scnc9C)cc8)C(C)(C)C)CC7)CC6)CC5)cc4)c3)ccn2)CC1. The Labute approximate surface area is 543 Å². The van der Waals surface area contributed by atoms with Gasteiger partial charge in [-0.2, -0.15) is 0 Å². The van der Waals surface area contributed by atoms with Crippen molar-refractivity contribution < 1.29 is 33.8 Å². The second-order valence-electron chi connectivity index (χ2n) is 27.4. The second kappa shape index (κ2) is 31.3. The predicted octanol–water partition coefficient (Wildman–Crippen LogP) is 7.46. The molecule has 0 bridgehead atoms. The Morgan fingerprint density at radius 3 is 2.07 bits per heavy atom. The first-order valence-electron chi connectivity index (χ1n) is 33.3. The maximum absolute atomic E-state index is 14.3. The molecule has 7 heterocycles. The smallest absolute Gasteiger partial charge is 0.254 e. The Hall–Kier alpha value is -6.65. The average Bonchev–Trinajstić information content (AvgIpc) is 1.81. The fourth-order valence-electron chi connectivity index (χ4n) is 13.9. The Bertz CT molecular complexity index is 3220. The summed E-state index contributed by atoms with van der Waals surface area (Å²) in [6.07, 6.45) is 8.04. The van der Waals surface area contributed by atoms with Gasteiger partial charge in [0.2, 0.25) is 23.6 Å². The Morgan fingerprint density at radius 2 is 1.41 bits per heavy atom. The Balaban J connectivity index is 0.593. The molecule has 5 fully saturated rings. The number of aliphatic hydroxyl groups excluding tert-OH is 1. The minimum atomic E-state index is -0.883. The summed E-state index contributed by atoms with van der Waals surface area (Å²) < 4.78 is 6.22. The summed E-state index contributed by atoms with van der Waals surface area (Å²) in [6, 6.07) is 25.1. The number of aromatic nitrogens is 2. The third kappa shape index (κ3) is 18.4. The van der Waals surface area contributed by atoms with Gasteiger partial charge >= 0.3 is 0 Å². The van der Waals surface area contributed by atoms with Gasteiger partial charge in [-0.25, -0.2) is 4.98 Å². The molecule has 2 aromatic heterocycles. The highest BCUT2D eigenvalue weighted by Crippen LogP contribution is 2.32. The van der Waals surface area contributed by atoms with Crippen molar-refractivity contribution in [1.82, 2.24) is 60.2 Å². The number of piperidine rings is 3. The maximum Gasteiger partial charge on any atom is 0.254 e. The molecule has 91 heavy (non-hydrogen) atoms. The fraction of sp³-hybridized carbons (Fsp3) is 0.563. The lowest BCUT2D eigenvalue weighted by Crippen LogP contribution is -2.59. The fourth-order valence-corrected chi connectivity index (χ4v) is 14.7. The van der Waals surface area contributed by atoms with E-state index in [0.29, 0.717) is 47.8 Å². The number of pyridine rings is 1. The van der Waals surface area contributed by atoms with Gasteiger partial charge in [0.25, 0.3) is 5.91 Å². The van der Waals surface area contributed by atoms with Crippen molar-refractivity contribution in [3.8, 4) is 21.9 Å². The monoisotopic (exact) mass is 1260 g/mol. The van der Waals surface area contributed by atoms with Crippen molar-refractivity contribution in [2.24, 2.45) is 17.3 Å². The molecule has 10 rings (SSSR count). The lowest BCUT2D eigenvalue weighted by molar-refractivity contribution is -0.144. The van der Waals surface area contributed by atoms with E-state index in [-0.39, 0.29) is 55.1 Å². The number of ether oxygens (including phenoxy) is 1. The summed E-state index contributed by atoms with van der Waals surface area (Å²) >= 11 is 1.59. The number of benzene rings is 3. The van der Waals surface area contributed by atoms with Crippen LogP contribution < -0.4 is 20.7 Å². The molecule has 0 unspecified atom stereocenters. The van der Waals surface area contributed by atoms with Crippen molar-refractivity contribution in [1.29, 1.82) is 0 Å². The maximum atomic E-state index is 14.3. The number of piperazine rings is 1. The first-order chi connectivity index (χ1) is 43.8. The number of aliphatic hydroxyl groups is 1. The zero-order chi connectivity index (χ0) is 64.2. The van der Waals surface area contributed by atoms with E-state index >= 15 is 0 Å². The molecule has 3 aromatic carbocycles. The molecule has 5 aliphatic rings. The van der Waals surface area contributed by atoms with Crippen LogP contribution in [-0.2, 0) is 32.1 Å². The third-order valence-corrected chi connectivity index (χ3v) is 20.5. The lowest BCUT2D eigenvalue weighted by atomic mass is 9.85. The number of carbonyl (C=O) groups excluding carboxylic acids is 5. The number of amides is 5. The van der Waals surface area contributed by atoms with E-state index in [2.05, 4.69) is 46.6 Å². The number of rotatable bonds is 23. The van der Waals surface area contributed by atoms with Crippen LogP contribution in [0.15, 0.2) is 96.6 Å². The van der Waals surface area contributed by atoms with Crippen LogP contribution in [0.25, 0.3) is 10.4 Å². The van der Waals surface area contributed by atoms with E-state index in [4.69, 9.17) is 9.72 Å². The number of hydrogen-bond donors (Lipinski definition) is 4. The van der Waals surface area contributed by atoms with Gasteiger partial charge in [-0.05, 0) is 168 Å². The topological polar surface area (TPSA) is 199 Å². The van der Waals surface area contributed by atoms with Crippen LogP contribution in [0.2, 0.25) is 0 Å². The predicted molar refractivity (Wildman–Crippen MR) is 357 cm³/mol. The Kier molecular flexibility index (Phi) is 23.1. The van der Waals surface area contributed by atoms with E-state index < -0.39 is 23.6 Å². The molecule has 19 nitrogen and oxygen atoms in total. The van der Waals surface area contributed by atoms with Gasteiger partial charge in [-0.15, -0.1) is 11.3 Å². The van der Waals surface area contributed by atoms with E-state index in [1.807, 2.05) is 138 Å². The van der Waals surface area contributed by atoms with Crippen LogP contribution in [0.4, 0.5) is 0 Å². The second-order valence-corrected chi connectivity index (χ2v) is 28.3. The number of β-amino-alcohol motifs (C(OH)–C–C–N with tert-alkyl or cyclic N) is 1. The molecule has 490 valence electrons. The zero-order valence-electron chi connectivity index (χ0n) is 54.8. The number of carbonyl (C=O) groups is 5. The minimum Gasteiger partial charge on any atom is -0.457 e. The molecular weight excluding hydrogens is 1160 g/mol. The highest BCUT2D eigenvalue weighted by atomic mass is 32.1. The van der Waals surface area contributed by atoms with Gasteiger partial charge in [-0.1, -0.05) is 63.2 Å². The molecule has 20 heteroatoms. The number of nitrogens with zero attached hydrogens (tertiary/aromatic N) is 9. The van der Waals surface area contributed by atoms with Crippen molar-refractivity contribution in [2.45, 2.75) is 123 Å². The van der Waals surface area contributed by atoms with E-state index in [0.717, 1.165) is 156 Å². The number of thiazole rings is 1. The van der Waals surface area contributed by atoms with Gasteiger partial charge < -0.3 is 55.2 Å². The molecule has 0 aliphatic carbocycles. The van der Waals surface area contributed by atoms with Crippen molar-refractivity contribution in [3.63, 3.8) is 0 Å². The first-order valence-corrected chi connectivity index (χ1v) is 34.2. The normalized spacial score (nSPS) is 20.3. The van der Waals surface area contributed by atoms with E-state index in [1.54, 1.807) is 22.3 Å². The first kappa shape index (κ1) is 67.2. The number of hydrogen-bond acceptors (Lipinski definition) is 15. The van der Waals surface area contributed by atoms with Crippen LogP contribution in [0.3, 0.4) is 0 Å². The van der Waals surface area contributed by atoms with Gasteiger partial charge in [0.05, 0.1) is 41.2 Å². The molecular formula is C71H98N12O7S. The molecule has 5 aromatic rings. The molecule has 0 radical (unpaired) electrons. The van der Waals surface area contributed by atoms with Crippen LogP contribution in [0, 0.1) is 24.2 Å². The molecule has 5 amide bonds. The number of likely N-dealkylation sites (N-methyl/N-ethyl adjacent to an activating group) is 1. The number of nitrogens with one attached hydrogen (secondary N) is 3. The van der Waals surface area contributed by atoms with Gasteiger partial charge in [0.15, 0.2) is 0 Å². The largest absolute Gasteiger partial charge is 0.457 e. The number of aryl methyl sites for hydroxylation is 1. The summed E-state index contributed by atoms with van der Waals surface area (Å²) in [7, 11) is 3.83. The minimum absolute atomic E-state index is 0.0237. The summed E-state index contributed by atoms with van der Waals surface area (Å²) in [6.45, 7) is 23.7. The van der Waals surface area contributed by atoms with Gasteiger partial charge in [-0.3, -0.25) is 33.9 Å². The van der Waals surface area contributed by atoms with E-state index in [9.17, 15) is 29.1 Å². The standard InChI is InChI=1S/C71H98N12O7S/c1-49(55-13-15-57(16-14-55)66-50(2)74-48-91-66)75-68(87)63-42-59(84)46-83(63)70(89)67(71(3,4)5)76-64(85)47-81-37-35-80(36-38-81)45-52-20-28-79(29-21-52)44-53-22-32-82(33-23-53)65(86)40-51-11-17-60(18-12-51)90-61-10-8-9-58(41-61)69(88)77(7)43-54-19-26-73-62(39-54)56-24-30-78(31-25-56)34-27-72-6/h8-19,26,39,41,48-49,52-53,56,59,63,67,72,84H,20-25,27-38,40,42-47H2,1-7H3,(H,75,87)(H,76,85)/t49-,59+,63-,67+/m0/s1.